The van der Waals surface area contributed by atoms with E-state index < -0.39 is 15.9 Å². The molecule has 0 spiro atoms. The van der Waals surface area contributed by atoms with Crippen LogP contribution in [0.25, 0.3) is 0 Å². The zero-order chi connectivity index (χ0) is 10.3. The molecule has 0 fully saturated rings. The highest BCUT2D eigenvalue weighted by atomic mass is 35.5. The SMILES string of the molecule is C=COCC(C)OCCS(=O)(=O)O.Cl. The molecule has 0 aromatic carbocycles. The Morgan fingerprint density at radius 1 is 1.57 bits per heavy atom. The summed E-state index contributed by atoms with van der Waals surface area (Å²) in [5.41, 5.74) is 0. The van der Waals surface area contributed by atoms with E-state index in [2.05, 4.69) is 6.58 Å². The van der Waals surface area contributed by atoms with Crippen molar-refractivity contribution >= 4 is 22.5 Å². The van der Waals surface area contributed by atoms with Crippen LogP contribution in [0.4, 0.5) is 0 Å². The molecule has 7 heteroatoms. The van der Waals surface area contributed by atoms with Gasteiger partial charge < -0.3 is 9.47 Å². The Balaban J connectivity index is 0. The Morgan fingerprint density at radius 2 is 2.14 bits per heavy atom. The summed E-state index contributed by atoms with van der Waals surface area (Å²) in [7, 11) is -3.93. The average Bonchev–Trinajstić information content (AvgIpc) is 1.98. The van der Waals surface area contributed by atoms with Gasteiger partial charge in [0.25, 0.3) is 10.1 Å². The summed E-state index contributed by atoms with van der Waals surface area (Å²) in [6.07, 6.45) is 1.06. The molecule has 0 amide bonds. The van der Waals surface area contributed by atoms with Crippen molar-refractivity contribution in [3.05, 3.63) is 12.8 Å². The standard InChI is InChI=1S/C7H14O5S.ClH/c1-3-11-6-7(2)12-4-5-13(8,9)10;/h3,7H,1,4-6H2,2H3,(H,8,9,10);1H. The van der Waals surface area contributed by atoms with E-state index in [1.165, 1.54) is 6.26 Å². The third-order valence-corrected chi connectivity index (χ3v) is 1.88. The maximum Gasteiger partial charge on any atom is 0.267 e. The van der Waals surface area contributed by atoms with Crippen LogP contribution in [-0.2, 0) is 19.6 Å². The molecule has 0 aromatic heterocycles. The van der Waals surface area contributed by atoms with E-state index in [1.807, 2.05) is 0 Å². The molecule has 0 saturated carbocycles. The first-order chi connectivity index (χ1) is 5.95. The van der Waals surface area contributed by atoms with E-state index in [-0.39, 0.29) is 25.1 Å². The Kier molecular flexibility index (Phi) is 9.28. The van der Waals surface area contributed by atoms with Gasteiger partial charge >= 0.3 is 0 Å². The highest BCUT2D eigenvalue weighted by molar-refractivity contribution is 7.85. The lowest BCUT2D eigenvalue weighted by molar-refractivity contribution is 0.0276. The number of hydrogen-bond donors (Lipinski definition) is 1. The van der Waals surface area contributed by atoms with Gasteiger partial charge in [0.2, 0.25) is 0 Å². The monoisotopic (exact) mass is 246 g/mol. The van der Waals surface area contributed by atoms with E-state index in [0.29, 0.717) is 6.61 Å². The van der Waals surface area contributed by atoms with Gasteiger partial charge in [0, 0.05) is 0 Å². The first kappa shape index (κ1) is 16.1. The van der Waals surface area contributed by atoms with E-state index >= 15 is 0 Å². The van der Waals surface area contributed by atoms with Crippen molar-refractivity contribution in [2.24, 2.45) is 0 Å². The summed E-state index contributed by atoms with van der Waals surface area (Å²) in [5, 5.41) is 0. The number of ether oxygens (including phenoxy) is 2. The van der Waals surface area contributed by atoms with Crippen LogP contribution in [0.5, 0.6) is 0 Å². The van der Waals surface area contributed by atoms with Crippen LogP contribution < -0.4 is 0 Å². The van der Waals surface area contributed by atoms with Crippen molar-refractivity contribution in [1.29, 1.82) is 0 Å². The van der Waals surface area contributed by atoms with Crippen molar-refractivity contribution in [1.82, 2.24) is 0 Å². The molecule has 1 N–H and O–H groups in total. The fourth-order valence-corrected chi connectivity index (χ4v) is 0.913. The zero-order valence-corrected chi connectivity index (χ0v) is 9.51. The Bertz CT molecular complexity index is 238. The molecule has 0 aliphatic rings. The van der Waals surface area contributed by atoms with Crippen molar-refractivity contribution in [2.75, 3.05) is 19.0 Å². The van der Waals surface area contributed by atoms with Crippen LogP contribution in [0.3, 0.4) is 0 Å². The fraction of sp³-hybridized carbons (Fsp3) is 0.714. The van der Waals surface area contributed by atoms with Crippen LogP contribution >= 0.6 is 12.4 Å². The second-order valence-electron chi connectivity index (χ2n) is 2.47. The summed E-state index contributed by atoms with van der Waals surface area (Å²) < 4.78 is 38.7. The molecule has 14 heavy (non-hydrogen) atoms. The van der Waals surface area contributed by atoms with Gasteiger partial charge in [0.15, 0.2) is 0 Å². The molecule has 0 saturated heterocycles. The number of hydrogen-bond acceptors (Lipinski definition) is 4. The fourth-order valence-electron chi connectivity index (χ4n) is 0.606. The highest BCUT2D eigenvalue weighted by Crippen LogP contribution is 1.93. The van der Waals surface area contributed by atoms with Crippen molar-refractivity contribution < 1.29 is 22.4 Å². The van der Waals surface area contributed by atoms with Crippen LogP contribution in [0, 0.1) is 0 Å². The van der Waals surface area contributed by atoms with Crippen LogP contribution in [0.1, 0.15) is 6.92 Å². The van der Waals surface area contributed by atoms with Crippen LogP contribution in [0.15, 0.2) is 12.8 Å². The van der Waals surface area contributed by atoms with Gasteiger partial charge in [0.1, 0.15) is 6.61 Å². The first-order valence-electron chi connectivity index (χ1n) is 3.75. The molecule has 0 rings (SSSR count). The molecular weight excluding hydrogens is 232 g/mol. The van der Waals surface area contributed by atoms with Crippen LogP contribution in [0.2, 0.25) is 0 Å². The van der Waals surface area contributed by atoms with Crippen molar-refractivity contribution in [3.8, 4) is 0 Å². The van der Waals surface area contributed by atoms with E-state index in [9.17, 15) is 8.42 Å². The van der Waals surface area contributed by atoms with E-state index in [1.54, 1.807) is 6.92 Å². The normalized spacial score (nSPS) is 12.7. The van der Waals surface area contributed by atoms with Gasteiger partial charge in [-0.05, 0) is 6.92 Å². The van der Waals surface area contributed by atoms with E-state index in [4.69, 9.17) is 14.0 Å². The largest absolute Gasteiger partial charge is 0.499 e. The van der Waals surface area contributed by atoms with Gasteiger partial charge in [-0.25, -0.2) is 0 Å². The Labute approximate surface area is 90.2 Å². The quantitative estimate of drug-likeness (QED) is 0.533. The van der Waals surface area contributed by atoms with Crippen molar-refractivity contribution in [2.45, 2.75) is 13.0 Å². The Hall–Kier alpha value is -0.300. The second-order valence-corrected chi connectivity index (χ2v) is 4.04. The van der Waals surface area contributed by atoms with E-state index in [0.717, 1.165) is 0 Å². The lowest BCUT2D eigenvalue weighted by atomic mass is 10.4. The lowest BCUT2D eigenvalue weighted by Crippen LogP contribution is -2.19. The Morgan fingerprint density at radius 3 is 2.57 bits per heavy atom. The average molecular weight is 247 g/mol. The third-order valence-electron chi connectivity index (χ3n) is 1.19. The predicted molar refractivity (Wildman–Crippen MR) is 55.2 cm³/mol. The molecule has 0 radical (unpaired) electrons. The summed E-state index contributed by atoms with van der Waals surface area (Å²) in [6, 6.07) is 0. The summed E-state index contributed by atoms with van der Waals surface area (Å²) in [4.78, 5) is 0. The van der Waals surface area contributed by atoms with Gasteiger partial charge in [-0.1, -0.05) is 6.58 Å². The van der Waals surface area contributed by atoms with Gasteiger partial charge in [-0.15, -0.1) is 12.4 Å². The number of halogens is 1. The summed E-state index contributed by atoms with van der Waals surface area (Å²) in [6.45, 7) is 5.34. The van der Waals surface area contributed by atoms with Gasteiger partial charge in [0.05, 0.1) is 24.7 Å². The van der Waals surface area contributed by atoms with Gasteiger partial charge in [-0.2, -0.15) is 8.42 Å². The minimum Gasteiger partial charge on any atom is -0.499 e. The van der Waals surface area contributed by atoms with Crippen LogP contribution in [-0.4, -0.2) is 38.0 Å². The molecule has 0 heterocycles. The lowest BCUT2D eigenvalue weighted by Gasteiger charge is -2.11. The molecule has 0 bridgehead atoms. The topological polar surface area (TPSA) is 72.8 Å². The van der Waals surface area contributed by atoms with Crippen molar-refractivity contribution in [3.63, 3.8) is 0 Å². The summed E-state index contributed by atoms with van der Waals surface area (Å²) in [5.74, 6) is -0.397. The molecule has 0 aromatic rings. The molecule has 0 aliphatic carbocycles. The third kappa shape index (κ3) is 11.7. The molecule has 86 valence electrons. The predicted octanol–water partition coefficient (Wildman–Crippen LogP) is 0.861. The molecule has 1 unspecified atom stereocenters. The molecular formula is C7H15ClO5S. The highest BCUT2D eigenvalue weighted by Gasteiger charge is 2.06. The maximum atomic E-state index is 10.3. The minimum atomic E-state index is -3.93. The maximum absolute atomic E-state index is 10.3. The zero-order valence-electron chi connectivity index (χ0n) is 7.88. The summed E-state index contributed by atoms with van der Waals surface area (Å²) >= 11 is 0. The number of rotatable bonds is 7. The second kappa shape index (κ2) is 8.05. The first-order valence-corrected chi connectivity index (χ1v) is 5.36. The smallest absolute Gasteiger partial charge is 0.267 e. The van der Waals surface area contributed by atoms with Gasteiger partial charge in [-0.3, -0.25) is 4.55 Å². The molecule has 5 nitrogen and oxygen atoms in total. The molecule has 1 atom stereocenters. The minimum absolute atomic E-state index is 0. The molecule has 0 aliphatic heterocycles.